The highest BCUT2D eigenvalue weighted by Gasteiger charge is 2.36. The van der Waals surface area contributed by atoms with Crippen LogP contribution in [0.15, 0.2) is 0 Å². The van der Waals surface area contributed by atoms with E-state index in [9.17, 15) is 4.79 Å². The Hall–Kier alpha value is -0.610. The Kier molecular flexibility index (Phi) is 3.97. The van der Waals surface area contributed by atoms with Crippen molar-refractivity contribution >= 4 is 5.91 Å². The molecule has 1 rings (SSSR count). The van der Waals surface area contributed by atoms with E-state index >= 15 is 0 Å². The fourth-order valence-corrected chi connectivity index (χ4v) is 1.68. The van der Waals surface area contributed by atoms with E-state index in [4.69, 9.17) is 0 Å². The maximum Gasteiger partial charge on any atom is 0.227 e. The van der Waals surface area contributed by atoms with E-state index in [0.717, 1.165) is 19.5 Å². The molecule has 1 fully saturated rings. The first kappa shape index (κ1) is 13.5. The molecule has 0 aromatic heterocycles. The van der Waals surface area contributed by atoms with Gasteiger partial charge in [-0.2, -0.15) is 0 Å². The molecule has 0 aromatic rings. The second-order valence-corrected chi connectivity index (χ2v) is 5.88. The average molecular weight is 227 g/mol. The lowest BCUT2D eigenvalue weighted by Crippen LogP contribution is -2.51. The van der Waals surface area contributed by atoms with Crippen LogP contribution >= 0.6 is 0 Å². The number of nitrogens with zero attached hydrogens (tertiary/aromatic N) is 1. The monoisotopic (exact) mass is 227 g/mol. The van der Waals surface area contributed by atoms with Gasteiger partial charge in [-0.15, -0.1) is 0 Å². The van der Waals surface area contributed by atoms with Crippen molar-refractivity contribution in [1.82, 2.24) is 15.5 Å². The number of rotatable bonds is 4. The standard InChI is InChI=1S/C12H25N3O/c1-11(2,15(4)5)8-14-10(16)12(3)6-7-13-9-12/h13H,6-9H2,1-5H3,(H,14,16). The Morgan fingerprint density at radius 1 is 1.50 bits per heavy atom. The number of carbonyl (C=O) groups excluding carboxylic acids is 1. The number of amides is 1. The highest BCUT2D eigenvalue weighted by molar-refractivity contribution is 5.82. The molecule has 1 amide bonds. The van der Waals surface area contributed by atoms with Crippen LogP contribution in [0.1, 0.15) is 27.2 Å². The predicted octanol–water partition coefficient (Wildman–Crippen LogP) is 0.442. The molecule has 2 N–H and O–H groups in total. The molecule has 0 bridgehead atoms. The highest BCUT2D eigenvalue weighted by atomic mass is 16.2. The third-order valence-electron chi connectivity index (χ3n) is 3.81. The summed E-state index contributed by atoms with van der Waals surface area (Å²) in [5, 5.41) is 6.31. The van der Waals surface area contributed by atoms with Crippen LogP contribution in [0.3, 0.4) is 0 Å². The van der Waals surface area contributed by atoms with Gasteiger partial charge in [0, 0.05) is 18.6 Å². The van der Waals surface area contributed by atoms with Crippen molar-refractivity contribution in [2.75, 3.05) is 33.7 Å². The Morgan fingerprint density at radius 2 is 2.12 bits per heavy atom. The third kappa shape index (κ3) is 2.95. The minimum absolute atomic E-state index is 0.00193. The Bertz CT molecular complexity index is 255. The van der Waals surface area contributed by atoms with Gasteiger partial charge in [-0.3, -0.25) is 4.79 Å². The number of nitrogens with one attached hydrogen (secondary N) is 2. The van der Waals surface area contributed by atoms with E-state index in [-0.39, 0.29) is 16.9 Å². The van der Waals surface area contributed by atoms with Crippen molar-refractivity contribution in [2.24, 2.45) is 5.41 Å². The van der Waals surface area contributed by atoms with Gasteiger partial charge < -0.3 is 15.5 Å². The lowest BCUT2D eigenvalue weighted by Gasteiger charge is -2.34. The minimum atomic E-state index is -0.220. The first-order chi connectivity index (χ1) is 7.28. The van der Waals surface area contributed by atoms with Crippen molar-refractivity contribution < 1.29 is 4.79 Å². The van der Waals surface area contributed by atoms with Gasteiger partial charge in [0.1, 0.15) is 0 Å². The first-order valence-corrected chi connectivity index (χ1v) is 5.94. The van der Waals surface area contributed by atoms with Gasteiger partial charge in [-0.25, -0.2) is 0 Å². The predicted molar refractivity (Wildman–Crippen MR) is 66.4 cm³/mol. The Labute approximate surface area is 98.8 Å². The van der Waals surface area contributed by atoms with Crippen LogP contribution < -0.4 is 10.6 Å². The fourth-order valence-electron chi connectivity index (χ4n) is 1.68. The van der Waals surface area contributed by atoms with Crippen LogP contribution in [0, 0.1) is 5.41 Å². The van der Waals surface area contributed by atoms with Crippen molar-refractivity contribution in [2.45, 2.75) is 32.7 Å². The largest absolute Gasteiger partial charge is 0.354 e. The summed E-state index contributed by atoms with van der Waals surface area (Å²) in [6.07, 6.45) is 0.932. The van der Waals surface area contributed by atoms with E-state index in [1.165, 1.54) is 0 Å². The quantitative estimate of drug-likeness (QED) is 0.732. The zero-order valence-corrected chi connectivity index (χ0v) is 11.2. The fraction of sp³-hybridized carbons (Fsp3) is 0.917. The van der Waals surface area contributed by atoms with Gasteiger partial charge in [-0.05, 0) is 47.8 Å². The molecule has 0 radical (unpaired) electrons. The van der Waals surface area contributed by atoms with Gasteiger partial charge >= 0.3 is 0 Å². The van der Waals surface area contributed by atoms with Crippen molar-refractivity contribution in [3.8, 4) is 0 Å². The van der Waals surface area contributed by atoms with E-state index < -0.39 is 0 Å². The van der Waals surface area contributed by atoms with Crippen LogP contribution in [0.5, 0.6) is 0 Å². The summed E-state index contributed by atoms with van der Waals surface area (Å²) < 4.78 is 0. The summed E-state index contributed by atoms with van der Waals surface area (Å²) in [4.78, 5) is 14.2. The Morgan fingerprint density at radius 3 is 2.56 bits per heavy atom. The molecule has 1 heterocycles. The maximum atomic E-state index is 12.1. The molecule has 4 heteroatoms. The van der Waals surface area contributed by atoms with Crippen molar-refractivity contribution in [3.63, 3.8) is 0 Å². The normalized spacial score (nSPS) is 26.1. The molecule has 4 nitrogen and oxygen atoms in total. The minimum Gasteiger partial charge on any atom is -0.354 e. The molecule has 0 aromatic carbocycles. The molecule has 0 spiro atoms. The van der Waals surface area contributed by atoms with Crippen LogP contribution in [-0.2, 0) is 4.79 Å². The van der Waals surface area contributed by atoms with Crippen LogP contribution in [-0.4, -0.2) is 50.1 Å². The summed E-state index contributed by atoms with van der Waals surface area (Å²) in [7, 11) is 4.07. The van der Waals surface area contributed by atoms with Gasteiger partial charge in [0.05, 0.1) is 5.41 Å². The average Bonchev–Trinajstić information content (AvgIpc) is 2.62. The van der Waals surface area contributed by atoms with E-state index in [2.05, 4.69) is 29.4 Å². The number of hydrogen-bond donors (Lipinski definition) is 2. The second-order valence-electron chi connectivity index (χ2n) is 5.88. The lowest BCUT2D eigenvalue weighted by molar-refractivity contribution is -0.129. The third-order valence-corrected chi connectivity index (χ3v) is 3.81. The first-order valence-electron chi connectivity index (χ1n) is 5.94. The summed E-state index contributed by atoms with van der Waals surface area (Å²) >= 11 is 0. The molecule has 1 aliphatic heterocycles. The molecule has 1 aliphatic rings. The molecule has 0 saturated carbocycles. The van der Waals surface area contributed by atoms with Crippen molar-refractivity contribution in [1.29, 1.82) is 0 Å². The van der Waals surface area contributed by atoms with E-state index in [0.29, 0.717) is 6.54 Å². The maximum absolute atomic E-state index is 12.1. The molecule has 1 atom stereocenters. The van der Waals surface area contributed by atoms with E-state index in [1.807, 2.05) is 21.0 Å². The lowest BCUT2D eigenvalue weighted by atomic mass is 9.88. The Balaban J connectivity index is 2.47. The van der Waals surface area contributed by atoms with Gasteiger partial charge in [0.25, 0.3) is 0 Å². The van der Waals surface area contributed by atoms with Crippen LogP contribution in [0.4, 0.5) is 0 Å². The SMILES string of the molecule is CN(C)C(C)(C)CNC(=O)C1(C)CCNC1. The number of hydrogen-bond acceptors (Lipinski definition) is 3. The van der Waals surface area contributed by atoms with Crippen LogP contribution in [0.25, 0.3) is 0 Å². The van der Waals surface area contributed by atoms with Crippen LogP contribution in [0.2, 0.25) is 0 Å². The summed E-state index contributed by atoms with van der Waals surface area (Å²) in [6.45, 7) is 8.71. The zero-order valence-electron chi connectivity index (χ0n) is 11.2. The summed E-state index contributed by atoms with van der Waals surface area (Å²) in [5.41, 5.74) is -0.222. The van der Waals surface area contributed by atoms with Gasteiger partial charge in [0.15, 0.2) is 0 Å². The second kappa shape index (κ2) is 4.72. The molecule has 1 unspecified atom stereocenters. The molecule has 0 aliphatic carbocycles. The molecular weight excluding hydrogens is 202 g/mol. The molecule has 16 heavy (non-hydrogen) atoms. The number of likely N-dealkylation sites (N-methyl/N-ethyl adjacent to an activating group) is 1. The number of carbonyl (C=O) groups is 1. The van der Waals surface area contributed by atoms with Crippen molar-refractivity contribution in [3.05, 3.63) is 0 Å². The smallest absolute Gasteiger partial charge is 0.227 e. The van der Waals surface area contributed by atoms with Gasteiger partial charge in [0.2, 0.25) is 5.91 Å². The van der Waals surface area contributed by atoms with Gasteiger partial charge in [-0.1, -0.05) is 0 Å². The molecule has 94 valence electrons. The van der Waals surface area contributed by atoms with E-state index in [1.54, 1.807) is 0 Å². The molecular formula is C12H25N3O. The highest BCUT2D eigenvalue weighted by Crippen LogP contribution is 2.24. The summed E-state index contributed by atoms with van der Waals surface area (Å²) in [6, 6.07) is 0. The molecule has 1 saturated heterocycles. The topological polar surface area (TPSA) is 44.4 Å². The summed E-state index contributed by atoms with van der Waals surface area (Å²) in [5.74, 6) is 0.174. The zero-order chi connectivity index (χ0) is 12.4.